The highest BCUT2D eigenvalue weighted by molar-refractivity contribution is 7.92. The van der Waals surface area contributed by atoms with Crippen molar-refractivity contribution in [2.24, 2.45) is 5.92 Å². The number of carbonyl (C=O) groups excluding carboxylic acids is 2. The maximum Gasteiger partial charge on any atom is 0.244 e. The second-order valence-electron chi connectivity index (χ2n) is 10.9. The first-order valence-corrected chi connectivity index (χ1v) is 15.5. The van der Waals surface area contributed by atoms with Crippen LogP contribution in [0.3, 0.4) is 0 Å². The Hall–Kier alpha value is -3.65. The van der Waals surface area contributed by atoms with Crippen molar-refractivity contribution in [3.05, 3.63) is 102 Å². The van der Waals surface area contributed by atoms with Crippen LogP contribution in [0.2, 0.25) is 0 Å². The molecule has 0 spiro atoms. The first-order valence-electron chi connectivity index (χ1n) is 13.7. The van der Waals surface area contributed by atoms with Crippen LogP contribution in [0.25, 0.3) is 0 Å². The molecule has 40 heavy (non-hydrogen) atoms. The van der Waals surface area contributed by atoms with E-state index in [0.717, 1.165) is 27.3 Å². The molecule has 1 N–H and O–H groups in total. The van der Waals surface area contributed by atoms with Crippen LogP contribution in [0.1, 0.15) is 50.3 Å². The molecule has 0 bridgehead atoms. The molecule has 1 atom stereocenters. The lowest BCUT2D eigenvalue weighted by molar-refractivity contribution is -0.140. The molecule has 3 aromatic carbocycles. The lowest BCUT2D eigenvalue weighted by Crippen LogP contribution is -2.53. The molecule has 0 fully saturated rings. The van der Waals surface area contributed by atoms with E-state index in [1.54, 1.807) is 12.1 Å². The molecule has 0 unspecified atom stereocenters. The van der Waals surface area contributed by atoms with Crippen molar-refractivity contribution in [3.63, 3.8) is 0 Å². The van der Waals surface area contributed by atoms with Crippen molar-refractivity contribution in [2.75, 3.05) is 23.7 Å². The zero-order valence-electron chi connectivity index (χ0n) is 24.1. The van der Waals surface area contributed by atoms with Crippen molar-refractivity contribution in [1.82, 2.24) is 10.2 Å². The standard InChI is InChI=1S/C32H41N3O4S/c1-24(2)21-33-32(37)30(20-26-12-8-6-9-13-26)34(22-27-14-10-7-11-15-27)31(36)23-35(40(5,38)39)29-18-16-28(17-19-29)25(3)4/h6-19,24-25,30H,20-23H2,1-5H3,(H,33,37)/t30-/m0/s1. The molecule has 3 aromatic rings. The Balaban J connectivity index is 2.01. The lowest BCUT2D eigenvalue weighted by Gasteiger charge is -2.33. The van der Waals surface area contributed by atoms with Gasteiger partial charge in [-0.25, -0.2) is 8.42 Å². The summed E-state index contributed by atoms with van der Waals surface area (Å²) in [5.74, 6) is -0.210. The molecule has 0 heterocycles. The highest BCUT2D eigenvalue weighted by Crippen LogP contribution is 2.23. The fourth-order valence-electron chi connectivity index (χ4n) is 4.40. The Morgan fingerprint density at radius 2 is 1.35 bits per heavy atom. The summed E-state index contributed by atoms with van der Waals surface area (Å²) in [4.78, 5) is 29.2. The van der Waals surface area contributed by atoms with E-state index in [1.807, 2.05) is 86.6 Å². The van der Waals surface area contributed by atoms with Gasteiger partial charge in [0.1, 0.15) is 12.6 Å². The van der Waals surface area contributed by atoms with E-state index >= 15 is 0 Å². The van der Waals surface area contributed by atoms with Gasteiger partial charge in [-0.2, -0.15) is 0 Å². The molecule has 7 nitrogen and oxygen atoms in total. The van der Waals surface area contributed by atoms with Crippen molar-refractivity contribution >= 4 is 27.5 Å². The molecule has 214 valence electrons. The normalized spacial score (nSPS) is 12.3. The van der Waals surface area contributed by atoms with E-state index in [1.165, 1.54) is 4.90 Å². The summed E-state index contributed by atoms with van der Waals surface area (Å²) in [5.41, 5.74) is 3.22. The number of carbonyl (C=O) groups is 2. The molecule has 0 radical (unpaired) electrons. The van der Waals surface area contributed by atoms with Crippen LogP contribution in [0, 0.1) is 5.92 Å². The molecule has 0 aliphatic heterocycles. The molecule has 3 rings (SSSR count). The predicted octanol–water partition coefficient (Wildman–Crippen LogP) is 4.99. The van der Waals surface area contributed by atoms with Gasteiger partial charge in [0.2, 0.25) is 21.8 Å². The number of anilines is 1. The minimum Gasteiger partial charge on any atom is -0.354 e. The Morgan fingerprint density at radius 3 is 1.85 bits per heavy atom. The van der Waals surface area contributed by atoms with Crippen molar-refractivity contribution in [3.8, 4) is 0 Å². The third-order valence-electron chi connectivity index (χ3n) is 6.68. The highest BCUT2D eigenvalue weighted by Gasteiger charge is 2.33. The number of hydrogen-bond acceptors (Lipinski definition) is 4. The molecule has 0 aliphatic rings. The number of hydrogen-bond donors (Lipinski definition) is 1. The molecule has 8 heteroatoms. The molecule has 0 aliphatic carbocycles. The van der Waals surface area contributed by atoms with Gasteiger partial charge in [0.15, 0.2) is 0 Å². The highest BCUT2D eigenvalue weighted by atomic mass is 32.2. The summed E-state index contributed by atoms with van der Waals surface area (Å²) in [5, 5.41) is 2.99. The summed E-state index contributed by atoms with van der Waals surface area (Å²) in [6, 6.07) is 25.3. The first kappa shape index (κ1) is 30.9. The second-order valence-corrected chi connectivity index (χ2v) is 12.8. The number of benzene rings is 3. The Bertz CT molecular complexity index is 1340. The molecule has 0 saturated carbocycles. The van der Waals surface area contributed by atoms with Crippen LogP contribution in [-0.2, 0) is 32.6 Å². The van der Waals surface area contributed by atoms with Crippen molar-refractivity contribution < 1.29 is 18.0 Å². The Kier molecular flexibility index (Phi) is 10.9. The van der Waals surface area contributed by atoms with Crippen LogP contribution in [0.4, 0.5) is 5.69 Å². The largest absolute Gasteiger partial charge is 0.354 e. The fraction of sp³-hybridized carbons (Fsp3) is 0.375. The zero-order valence-corrected chi connectivity index (χ0v) is 24.9. The molecule has 0 saturated heterocycles. The first-order chi connectivity index (χ1) is 19.0. The monoisotopic (exact) mass is 563 g/mol. The van der Waals surface area contributed by atoms with Gasteiger partial charge in [-0.15, -0.1) is 0 Å². The Morgan fingerprint density at radius 1 is 0.800 bits per heavy atom. The van der Waals surface area contributed by atoms with Gasteiger partial charge in [-0.1, -0.05) is 100 Å². The van der Waals surface area contributed by atoms with E-state index < -0.39 is 28.5 Å². The van der Waals surface area contributed by atoms with Crippen LogP contribution in [0.5, 0.6) is 0 Å². The number of nitrogens with one attached hydrogen (secondary N) is 1. The maximum atomic E-state index is 14.1. The Labute approximate surface area is 239 Å². The fourth-order valence-corrected chi connectivity index (χ4v) is 5.25. The lowest BCUT2D eigenvalue weighted by atomic mass is 10.0. The van der Waals surface area contributed by atoms with Crippen LogP contribution >= 0.6 is 0 Å². The summed E-state index contributed by atoms with van der Waals surface area (Å²) in [6.45, 7) is 8.35. The van der Waals surface area contributed by atoms with Gasteiger partial charge in [-0.3, -0.25) is 13.9 Å². The van der Waals surface area contributed by atoms with Crippen molar-refractivity contribution in [1.29, 1.82) is 0 Å². The van der Waals surface area contributed by atoms with Gasteiger partial charge in [0.05, 0.1) is 11.9 Å². The van der Waals surface area contributed by atoms with E-state index in [9.17, 15) is 18.0 Å². The van der Waals surface area contributed by atoms with E-state index in [4.69, 9.17) is 0 Å². The predicted molar refractivity (Wildman–Crippen MR) is 161 cm³/mol. The quantitative estimate of drug-likeness (QED) is 0.318. The molecule has 0 aromatic heterocycles. The van der Waals surface area contributed by atoms with Crippen LogP contribution in [0.15, 0.2) is 84.9 Å². The number of rotatable bonds is 13. The summed E-state index contributed by atoms with van der Waals surface area (Å²) >= 11 is 0. The van der Waals surface area contributed by atoms with Gasteiger partial charge in [-0.05, 0) is 40.7 Å². The van der Waals surface area contributed by atoms with E-state index in [0.29, 0.717) is 18.7 Å². The summed E-state index contributed by atoms with van der Waals surface area (Å²) < 4.78 is 26.9. The zero-order chi connectivity index (χ0) is 29.3. The van der Waals surface area contributed by atoms with Gasteiger partial charge in [0, 0.05) is 19.5 Å². The van der Waals surface area contributed by atoms with Gasteiger partial charge < -0.3 is 10.2 Å². The summed E-state index contributed by atoms with van der Waals surface area (Å²) in [6.07, 6.45) is 1.39. The van der Waals surface area contributed by atoms with Gasteiger partial charge >= 0.3 is 0 Å². The summed E-state index contributed by atoms with van der Waals surface area (Å²) in [7, 11) is -3.79. The minimum absolute atomic E-state index is 0.163. The minimum atomic E-state index is -3.79. The number of sulfonamides is 1. The third kappa shape index (κ3) is 8.95. The van der Waals surface area contributed by atoms with Gasteiger partial charge in [0.25, 0.3) is 0 Å². The van der Waals surface area contributed by atoms with Crippen molar-refractivity contribution in [2.45, 2.75) is 52.6 Å². The maximum absolute atomic E-state index is 14.1. The third-order valence-corrected chi connectivity index (χ3v) is 7.82. The SMILES string of the molecule is CC(C)CNC(=O)[C@H](Cc1ccccc1)N(Cc1ccccc1)C(=O)CN(c1ccc(C(C)C)cc1)S(C)(=O)=O. The average molecular weight is 564 g/mol. The number of amides is 2. The van der Waals surface area contributed by atoms with Crippen LogP contribution < -0.4 is 9.62 Å². The van der Waals surface area contributed by atoms with Crippen LogP contribution in [-0.4, -0.2) is 50.5 Å². The average Bonchev–Trinajstić information content (AvgIpc) is 2.92. The topological polar surface area (TPSA) is 86.8 Å². The smallest absolute Gasteiger partial charge is 0.244 e. The molecule has 2 amide bonds. The van der Waals surface area contributed by atoms with E-state index in [2.05, 4.69) is 19.2 Å². The molecular weight excluding hydrogens is 522 g/mol. The van der Waals surface area contributed by atoms with E-state index in [-0.39, 0.29) is 24.3 Å². The second kappa shape index (κ2) is 14.1. The number of nitrogens with zero attached hydrogens (tertiary/aromatic N) is 2. The molecular formula is C32H41N3O4S.